The molecule has 0 aliphatic carbocycles. The van der Waals surface area contributed by atoms with Crippen LogP contribution >= 0.6 is 0 Å². The summed E-state index contributed by atoms with van der Waals surface area (Å²) in [5, 5.41) is 15.3. The molecule has 0 saturated carbocycles. The number of hydrogen-bond acceptors (Lipinski definition) is 5. The standard InChI is InChI=1S/C15H16N4O3/c1-10-8-15(20)17-6-7-18(10)13-2-3-14(19(21)22)12-9-16-5-4-11(12)13/h2-5,9-10H,6-8H2,1H3,(H,17,20). The molecule has 22 heavy (non-hydrogen) atoms. The van der Waals surface area contributed by atoms with E-state index in [1.807, 2.05) is 6.92 Å². The summed E-state index contributed by atoms with van der Waals surface area (Å²) >= 11 is 0. The molecule has 1 atom stereocenters. The number of non-ortho nitro benzene ring substituents is 1. The number of anilines is 1. The highest BCUT2D eigenvalue weighted by Gasteiger charge is 2.24. The highest BCUT2D eigenvalue weighted by molar-refractivity contribution is 5.99. The molecule has 2 aromatic rings. The second-order valence-electron chi connectivity index (χ2n) is 5.38. The van der Waals surface area contributed by atoms with Crippen LogP contribution in [0.1, 0.15) is 13.3 Å². The molecule has 1 aromatic carbocycles. The highest BCUT2D eigenvalue weighted by atomic mass is 16.6. The SMILES string of the molecule is CC1CC(=O)NCCN1c1ccc([N+](=O)[O-])c2cnccc12. The summed E-state index contributed by atoms with van der Waals surface area (Å²) in [4.78, 5) is 28.5. The third-order valence-corrected chi connectivity index (χ3v) is 3.97. The molecule has 7 nitrogen and oxygen atoms in total. The maximum Gasteiger partial charge on any atom is 0.278 e. The van der Waals surface area contributed by atoms with Crippen LogP contribution in [-0.2, 0) is 4.79 Å². The summed E-state index contributed by atoms with van der Waals surface area (Å²) in [6, 6.07) is 5.07. The molecule has 1 unspecified atom stereocenters. The molecule has 0 radical (unpaired) electrons. The molecule has 1 aliphatic heterocycles. The van der Waals surface area contributed by atoms with Crippen molar-refractivity contribution in [3.8, 4) is 0 Å². The Balaban J connectivity index is 2.13. The monoisotopic (exact) mass is 300 g/mol. The minimum Gasteiger partial charge on any atom is -0.366 e. The molecule has 2 heterocycles. The second-order valence-corrected chi connectivity index (χ2v) is 5.38. The number of hydrogen-bond donors (Lipinski definition) is 1. The third kappa shape index (κ3) is 2.45. The molecular formula is C15H16N4O3. The van der Waals surface area contributed by atoms with Crippen molar-refractivity contribution in [1.82, 2.24) is 10.3 Å². The number of benzene rings is 1. The molecule has 7 heteroatoms. The van der Waals surface area contributed by atoms with Crippen molar-refractivity contribution in [1.29, 1.82) is 0 Å². The fourth-order valence-corrected chi connectivity index (χ4v) is 2.91. The molecule has 1 N–H and O–H groups in total. The number of carbonyl (C=O) groups is 1. The Bertz CT molecular complexity index is 747. The van der Waals surface area contributed by atoms with Crippen LogP contribution in [0.15, 0.2) is 30.6 Å². The van der Waals surface area contributed by atoms with Gasteiger partial charge in [-0.25, -0.2) is 0 Å². The molecule has 1 fully saturated rings. The van der Waals surface area contributed by atoms with Crippen molar-refractivity contribution < 1.29 is 9.72 Å². The van der Waals surface area contributed by atoms with E-state index in [0.717, 1.165) is 11.1 Å². The summed E-state index contributed by atoms with van der Waals surface area (Å²) in [7, 11) is 0. The molecule has 0 bridgehead atoms. The number of nitro benzene ring substituents is 1. The molecule has 3 rings (SSSR count). The Labute approximate surface area is 127 Å². The maximum absolute atomic E-state index is 11.6. The van der Waals surface area contributed by atoms with E-state index in [-0.39, 0.29) is 17.6 Å². The third-order valence-electron chi connectivity index (χ3n) is 3.97. The molecule has 1 amide bonds. The van der Waals surface area contributed by atoms with Gasteiger partial charge in [0, 0.05) is 55.1 Å². The first-order valence-corrected chi connectivity index (χ1v) is 7.12. The first kappa shape index (κ1) is 14.2. The minimum atomic E-state index is -0.398. The quantitative estimate of drug-likeness (QED) is 0.675. The lowest BCUT2D eigenvalue weighted by atomic mass is 10.1. The van der Waals surface area contributed by atoms with Crippen LogP contribution in [0.5, 0.6) is 0 Å². The smallest absolute Gasteiger partial charge is 0.278 e. The Morgan fingerprint density at radius 2 is 2.18 bits per heavy atom. The zero-order valence-electron chi connectivity index (χ0n) is 12.2. The minimum absolute atomic E-state index is 0.0281. The van der Waals surface area contributed by atoms with Crippen molar-refractivity contribution in [2.75, 3.05) is 18.0 Å². The summed E-state index contributed by atoms with van der Waals surface area (Å²) in [6.07, 6.45) is 3.55. The fourth-order valence-electron chi connectivity index (χ4n) is 2.91. The molecule has 1 aliphatic rings. The largest absolute Gasteiger partial charge is 0.366 e. The van der Waals surface area contributed by atoms with Gasteiger partial charge in [-0.2, -0.15) is 0 Å². The van der Waals surface area contributed by atoms with Gasteiger partial charge in [-0.05, 0) is 19.1 Å². The fraction of sp³-hybridized carbons (Fsp3) is 0.333. The van der Waals surface area contributed by atoms with Crippen molar-refractivity contribution in [2.45, 2.75) is 19.4 Å². The average Bonchev–Trinajstić information content (AvgIpc) is 2.66. The van der Waals surface area contributed by atoms with Crippen LogP contribution in [0.2, 0.25) is 0 Å². The van der Waals surface area contributed by atoms with E-state index < -0.39 is 4.92 Å². The predicted molar refractivity (Wildman–Crippen MR) is 82.8 cm³/mol. The average molecular weight is 300 g/mol. The molecule has 0 spiro atoms. The number of carbonyl (C=O) groups excluding carboxylic acids is 1. The van der Waals surface area contributed by atoms with E-state index in [2.05, 4.69) is 15.2 Å². The summed E-state index contributed by atoms with van der Waals surface area (Å²) in [5.41, 5.74) is 0.940. The first-order chi connectivity index (χ1) is 10.6. The van der Waals surface area contributed by atoms with Crippen LogP contribution in [0.4, 0.5) is 11.4 Å². The van der Waals surface area contributed by atoms with Gasteiger partial charge in [0.1, 0.15) is 0 Å². The molecule has 114 valence electrons. The number of rotatable bonds is 2. The Kier molecular flexibility index (Phi) is 3.62. The van der Waals surface area contributed by atoms with E-state index in [9.17, 15) is 14.9 Å². The zero-order chi connectivity index (χ0) is 15.7. The van der Waals surface area contributed by atoms with E-state index in [1.54, 1.807) is 18.3 Å². The van der Waals surface area contributed by atoms with Crippen molar-refractivity contribution in [3.05, 3.63) is 40.7 Å². The van der Waals surface area contributed by atoms with Gasteiger partial charge in [0.05, 0.1) is 10.3 Å². The number of fused-ring (bicyclic) bond motifs is 1. The van der Waals surface area contributed by atoms with E-state index in [4.69, 9.17) is 0 Å². The van der Waals surface area contributed by atoms with Crippen LogP contribution in [0.3, 0.4) is 0 Å². The van der Waals surface area contributed by atoms with Crippen molar-refractivity contribution in [3.63, 3.8) is 0 Å². The number of amides is 1. The van der Waals surface area contributed by atoms with Gasteiger partial charge in [-0.1, -0.05) is 0 Å². The van der Waals surface area contributed by atoms with Crippen molar-refractivity contribution >= 4 is 28.1 Å². The van der Waals surface area contributed by atoms with Gasteiger partial charge in [-0.15, -0.1) is 0 Å². The van der Waals surface area contributed by atoms with Gasteiger partial charge in [-0.3, -0.25) is 19.9 Å². The van der Waals surface area contributed by atoms with Gasteiger partial charge >= 0.3 is 0 Å². The van der Waals surface area contributed by atoms with Crippen LogP contribution in [0, 0.1) is 10.1 Å². The summed E-state index contributed by atoms with van der Waals surface area (Å²) in [5.74, 6) is 0.0304. The number of nitrogens with zero attached hydrogens (tertiary/aromatic N) is 3. The number of nitro groups is 1. The van der Waals surface area contributed by atoms with Crippen LogP contribution < -0.4 is 10.2 Å². The first-order valence-electron chi connectivity index (χ1n) is 7.12. The Morgan fingerprint density at radius 1 is 1.36 bits per heavy atom. The molecule has 1 aromatic heterocycles. The number of aromatic nitrogens is 1. The van der Waals surface area contributed by atoms with Gasteiger partial charge < -0.3 is 10.2 Å². The number of pyridine rings is 1. The van der Waals surface area contributed by atoms with Crippen LogP contribution in [-0.4, -0.2) is 34.9 Å². The second kappa shape index (κ2) is 5.59. The van der Waals surface area contributed by atoms with Gasteiger partial charge in [0.15, 0.2) is 0 Å². The lowest BCUT2D eigenvalue weighted by Gasteiger charge is -2.29. The highest BCUT2D eigenvalue weighted by Crippen LogP contribution is 2.34. The normalized spacial score (nSPS) is 18.9. The maximum atomic E-state index is 11.6. The van der Waals surface area contributed by atoms with Crippen molar-refractivity contribution in [2.24, 2.45) is 0 Å². The topological polar surface area (TPSA) is 88.4 Å². The summed E-state index contributed by atoms with van der Waals surface area (Å²) < 4.78 is 0. The van der Waals surface area contributed by atoms with Crippen LogP contribution in [0.25, 0.3) is 10.8 Å². The zero-order valence-corrected chi connectivity index (χ0v) is 12.2. The Hall–Kier alpha value is -2.70. The molecule has 1 saturated heterocycles. The molecular weight excluding hydrogens is 284 g/mol. The lowest BCUT2D eigenvalue weighted by molar-refractivity contribution is -0.383. The van der Waals surface area contributed by atoms with E-state index in [1.165, 1.54) is 12.3 Å². The summed E-state index contributed by atoms with van der Waals surface area (Å²) in [6.45, 7) is 3.22. The van der Waals surface area contributed by atoms with E-state index >= 15 is 0 Å². The van der Waals surface area contributed by atoms with Gasteiger partial charge in [0.25, 0.3) is 5.69 Å². The van der Waals surface area contributed by atoms with Gasteiger partial charge in [0.2, 0.25) is 5.91 Å². The Morgan fingerprint density at radius 3 is 2.95 bits per heavy atom. The number of nitrogens with one attached hydrogen (secondary N) is 1. The lowest BCUT2D eigenvalue weighted by Crippen LogP contribution is -2.34. The van der Waals surface area contributed by atoms with E-state index in [0.29, 0.717) is 24.9 Å². The predicted octanol–water partition coefficient (Wildman–Crippen LogP) is 1.86.